The normalized spacial score (nSPS) is 22.2. The van der Waals surface area contributed by atoms with E-state index in [1.165, 1.54) is 42.9 Å². The van der Waals surface area contributed by atoms with Crippen molar-refractivity contribution in [2.45, 2.75) is 38.4 Å². The highest BCUT2D eigenvalue weighted by atomic mass is 32.1. The molecule has 1 spiro atoms. The van der Waals surface area contributed by atoms with Gasteiger partial charge in [-0.3, -0.25) is 9.80 Å². The minimum Gasteiger partial charge on any atom is -0.299 e. The number of likely N-dealkylation sites (tertiary alicyclic amines) is 1. The molecule has 4 nitrogen and oxygen atoms in total. The second-order valence-corrected chi connectivity index (χ2v) is 8.49. The molecule has 2 aliphatic rings. The Labute approximate surface area is 153 Å². The third kappa shape index (κ3) is 3.62. The molecule has 0 radical (unpaired) electrons. The topological polar surface area (TPSA) is 43.2 Å². The van der Waals surface area contributed by atoms with Gasteiger partial charge in [-0.05, 0) is 62.5 Å². The van der Waals surface area contributed by atoms with Crippen molar-refractivity contribution in [1.82, 2.24) is 14.8 Å². The summed E-state index contributed by atoms with van der Waals surface area (Å²) >= 11 is 1.75. The quantitative estimate of drug-likeness (QED) is 0.826. The van der Waals surface area contributed by atoms with Crippen molar-refractivity contribution in [3.63, 3.8) is 0 Å². The van der Waals surface area contributed by atoms with E-state index in [2.05, 4.69) is 45.4 Å². The lowest BCUT2D eigenvalue weighted by Gasteiger charge is -2.34. The van der Waals surface area contributed by atoms with Crippen molar-refractivity contribution < 1.29 is 0 Å². The zero-order chi connectivity index (χ0) is 17.3. The van der Waals surface area contributed by atoms with Gasteiger partial charge in [-0.1, -0.05) is 12.1 Å². The van der Waals surface area contributed by atoms with Crippen LogP contribution in [0.3, 0.4) is 0 Å². The Morgan fingerprint density at radius 3 is 2.72 bits per heavy atom. The number of thiazole rings is 1. The highest BCUT2D eigenvalue weighted by molar-refractivity contribution is 7.09. The van der Waals surface area contributed by atoms with E-state index in [9.17, 15) is 0 Å². The van der Waals surface area contributed by atoms with Crippen LogP contribution in [0.4, 0.5) is 0 Å². The van der Waals surface area contributed by atoms with Gasteiger partial charge in [0, 0.05) is 24.2 Å². The first-order valence-electron chi connectivity index (χ1n) is 8.98. The van der Waals surface area contributed by atoms with Crippen LogP contribution in [0, 0.1) is 16.7 Å². The van der Waals surface area contributed by atoms with Crippen LogP contribution in [0.2, 0.25) is 0 Å². The van der Waals surface area contributed by atoms with Crippen molar-refractivity contribution >= 4 is 11.3 Å². The van der Waals surface area contributed by atoms with Gasteiger partial charge in [0.25, 0.3) is 0 Å². The van der Waals surface area contributed by atoms with Crippen LogP contribution in [0.5, 0.6) is 0 Å². The van der Waals surface area contributed by atoms with Crippen LogP contribution in [0.25, 0.3) is 0 Å². The Kier molecular flexibility index (Phi) is 4.60. The summed E-state index contributed by atoms with van der Waals surface area (Å²) in [5.41, 5.74) is 2.60. The first-order valence-corrected chi connectivity index (χ1v) is 9.86. The summed E-state index contributed by atoms with van der Waals surface area (Å²) in [6.45, 7) is 4.35. The van der Waals surface area contributed by atoms with Crippen LogP contribution in [0.1, 0.15) is 35.4 Å². The van der Waals surface area contributed by atoms with Gasteiger partial charge in [0.2, 0.25) is 0 Å². The number of piperidine rings is 1. The van der Waals surface area contributed by atoms with Gasteiger partial charge in [0.15, 0.2) is 0 Å². The average Bonchev–Trinajstić information content (AvgIpc) is 3.09. The zero-order valence-corrected chi connectivity index (χ0v) is 15.5. The molecule has 1 atom stereocenters. The molecule has 130 valence electrons. The smallest absolute Gasteiger partial charge is 0.107 e. The van der Waals surface area contributed by atoms with Crippen LogP contribution in [0.15, 0.2) is 35.8 Å². The molecule has 5 heteroatoms. The van der Waals surface area contributed by atoms with Crippen molar-refractivity contribution in [1.29, 1.82) is 5.26 Å². The summed E-state index contributed by atoms with van der Waals surface area (Å²) in [6, 6.07) is 10.9. The van der Waals surface area contributed by atoms with Crippen LogP contribution in [-0.4, -0.2) is 41.0 Å². The number of hydrogen-bond donors (Lipinski definition) is 0. The number of benzene rings is 1. The van der Waals surface area contributed by atoms with Crippen LogP contribution >= 0.6 is 11.3 Å². The second-order valence-electron chi connectivity index (χ2n) is 7.51. The summed E-state index contributed by atoms with van der Waals surface area (Å²) < 4.78 is 0. The molecule has 1 saturated carbocycles. The zero-order valence-electron chi connectivity index (χ0n) is 14.7. The molecule has 0 bridgehead atoms. The third-order valence-electron chi connectivity index (χ3n) is 5.89. The fourth-order valence-electron chi connectivity index (χ4n) is 4.24. The van der Waals surface area contributed by atoms with E-state index < -0.39 is 0 Å². The first-order chi connectivity index (χ1) is 12.2. The summed E-state index contributed by atoms with van der Waals surface area (Å²) in [6.07, 6.45) is 5.85. The fraction of sp³-hybridized carbons (Fsp3) is 0.500. The highest BCUT2D eigenvalue weighted by Crippen LogP contribution is 2.56. The predicted molar refractivity (Wildman–Crippen MR) is 100 cm³/mol. The molecule has 1 saturated heterocycles. The third-order valence-corrected chi connectivity index (χ3v) is 6.65. The summed E-state index contributed by atoms with van der Waals surface area (Å²) in [5, 5.41) is 12.2. The minimum atomic E-state index is 0.549. The molecule has 1 unspecified atom stereocenters. The Morgan fingerprint density at radius 1 is 1.32 bits per heavy atom. The Balaban J connectivity index is 1.28. The molecule has 1 aromatic heterocycles. The van der Waals surface area contributed by atoms with Gasteiger partial charge in [0.1, 0.15) is 5.01 Å². The van der Waals surface area contributed by atoms with E-state index in [-0.39, 0.29) is 0 Å². The average molecular weight is 353 g/mol. The molecular formula is C20H24N4S. The molecule has 0 N–H and O–H groups in total. The van der Waals surface area contributed by atoms with Gasteiger partial charge >= 0.3 is 0 Å². The molecule has 2 aromatic rings. The van der Waals surface area contributed by atoms with Crippen molar-refractivity contribution in [2.75, 3.05) is 20.1 Å². The van der Waals surface area contributed by atoms with Gasteiger partial charge in [-0.15, -0.1) is 11.3 Å². The minimum absolute atomic E-state index is 0.549. The number of hydrogen-bond acceptors (Lipinski definition) is 5. The lowest BCUT2D eigenvalue weighted by Crippen LogP contribution is -2.37. The van der Waals surface area contributed by atoms with E-state index >= 15 is 0 Å². The van der Waals surface area contributed by atoms with Crippen molar-refractivity contribution in [3.05, 3.63) is 52.0 Å². The lowest BCUT2D eigenvalue weighted by molar-refractivity contribution is 0.139. The largest absolute Gasteiger partial charge is 0.299 e. The molecule has 1 aliphatic heterocycles. The molecular weight excluding hydrogens is 328 g/mol. The first kappa shape index (κ1) is 16.7. The summed E-state index contributed by atoms with van der Waals surface area (Å²) in [4.78, 5) is 9.49. The van der Waals surface area contributed by atoms with Gasteiger partial charge < -0.3 is 0 Å². The lowest BCUT2D eigenvalue weighted by atomic mass is 9.92. The number of nitriles is 1. The van der Waals surface area contributed by atoms with E-state index in [0.29, 0.717) is 5.41 Å². The van der Waals surface area contributed by atoms with E-state index in [1.54, 1.807) is 11.3 Å². The molecule has 1 aromatic carbocycles. The second kappa shape index (κ2) is 6.87. The number of aromatic nitrogens is 1. The highest BCUT2D eigenvalue weighted by Gasteiger charge is 2.56. The van der Waals surface area contributed by atoms with E-state index in [4.69, 9.17) is 5.26 Å². The maximum absolute atomic E-state index is 8.90. The van der Waals surface area contributed by atoms with Crippen molar-refractivity contribution in [3.8, 4) is 6.07 Å². The van der Waals surface area contributed by atoms with Gasteiger partial charge in [0.05, 0.1) is 18.2 Å². The van der Waals surface area contributed by atoms with Gasteiger partial charge in [-0.25, -0.2) is 4.98 Å². The number of nitrogens with zero attached hydrogens (tertiary/aromatic N) is 4. The Hall–Kier alpha value is -1.74. The maximum Gasteiger partial charge on any atom is 0.107 e. The predicted octanol–water partition coefficient (Wildman–Crippen LogP) is 3.50. The molecule has 25 heavy (non-hydrogen) atoms. The molecule has 4 rings (SSSR count). The monoisotopic (exact) mass is 352 g/mol. The molecule has 2 fully saturated rings. The molecule has 2 heterocycles. The summed E-state index contributed by atoms with van der Waals surface area (Å²) in [7, 11) is 2.25. The standard InChI is InChI=1S/C20H24N4S/c1-23(15-19-22-8-11-25-19)18-12-20(18)6-9-24(10-7-20)14-17-4-2-16(13-21)3-5-17/h2-5,8,11,18H,6-7,9-10,12,14-15H2,1H3. The molecule has 1 aliphatic carbocycles. The van der Waals surface area contributed by atoms with Crippen LogP contribution < -0.4 is 0 Å². The Morgan fingerprint density at radius 2 is 2.08 bits per heavy atom. The van der Waals surface area contributed by atoms with Gasteiger partial charge in [-0.2, -0.15) is 5.26 Å². The summed E-state index contributed by atoms with van der Waals surface area (Å²) in [5.74, 6) is 0. The molecule has 0 amide bonds. The Bertz CT molecular complexity index is 739. The van der Waals surface area contributed by atoms with Crippen molar-refractivity contribution in [2.24, 2.45) is 5.41 Å². The fourth-order valence-corrected chi connectivity index (χ4v) is 4.92. The SMILES string of the molecule is CN(Cc1nccs1)C1CC12CCN(Cc1ccc(C#N)cc1)CC2. The van der Waals surface area contributed by atoms with E-state index in [0.717, 1.165) is 24.7 Å². The van der Waals surface area contributed by atoms with Crippen LogP contribution in [-0.2, 0) is 13.1 Å². The number of rotatable bonds is 5. The van der Waals surface area contributed by atoms with E-state index in [1.807, 2.05) is 18.3 Å². The maximum atomic E-state index is 8.90.